The third-order valence-corrected chi connectivity index (χ3v) is 4.20. The van der Waals surface area contributed by atoms with Crippen molar-refractivity contribution < 1.29 is 8.78 Å². The van der Waals surface area contributed by atoms with Gasteiger partial charge in [-0.15, -0.1) is 0 Å². The van der Waals surface area contributed by atoms with Gasteiger partial charge in [0.15, 0.2) is 0 Å². The quantitative estimate of drug-likeness (QED) is 0.842. The van der Waals surface area contributed by atoms with Gasteiger partial charge in [0.1, 0.15) is 17.5 Å². The van der Waals surface area contributed by atoms with Crippen LogP contribution in [-0.2, 0) is 0 Å². The Morgan fingerprint density at radius 1 is 1.21 bits per heavy atom. The van der Waals surface area contributed by atoms with E-state index >= 15 is 0 Å². The number of hydrogen-bond donors (Lipinski definition) is 2. The smallest absolute Gasteiger partial charge is 0.149 e. The molecule has 0 amide bonds. The Labute approximate surface area is 140 Å². The number of fused-ring (bicyclic) bond motifs is 1. The van der Waals surface area contributed by atoms with Gasteiger partial charge in [0.05, 0.1) is 5.69 Å². The zero-order valence-corrected chi connectivity index (χ0v) is 13.9. The van der Waals surface area contributed by atoms with Crippen LogP contribution in [0.15, 0.2) is 24.4 Å². The van der Waals surface area contributed by atoms with Crippen LogP contribution in [0.25, 0.3) is 11.6 Å². The van der Waals surface area contributed by atoms with Crippen molar-refractivity contribution in [2.24, 2.45) is 0 Å². The summed E-state index contributed by atoms with van der Waals surface area (Å²) in [7, 11) is 1.81. The minimum atomic E-state index is -0.742. The summed E-state index contributed by atoms with van der Waals surface area (Å²) in [6.45, 7) is 4.66. The first kappa shape index (κ1) is 16.2. The van der Waals surface area contributed by atoms with Crippen molar-refractivity contribution in [1.29, 1.82) is 0 Å². The Balaban J connectivity index is 2.13. The minimum Gasteiger partial charge on any atom is -0.396 e. The fourth-order valence-corrected chi connectivity index (χ4v) is 2.89. The van der Waals surface area contributed by atoms with E-state index < -0.39 is 11.6 Å². The molecule has 1 aromatic carbocycles. The lowest BCUT2D eigenvalue weighted by Gasteiger charge is -2.35. The summed E-state index contributed by atoms with van der Waals surface area (Å²) in [5.74, 6) is -0.581. The van der Waals surface area contributed by atoms with Crippen LogP contribution in [0.5, 0.6) is 0 Å². The molecule has 1 aromatic heterocycles. The van der Waals surface area contributed by atoms with Gasteiger partial charge in [-0.25, -0.2) is 13.8 Å². The van der Waals surface area contributed by atoms with E-state index in [1.807, 2.05) is 19.2 Å². The van der Waals surface area contributed by atoms with Crippen molar-refractivity contribution in [1.82, 2.24) is 4.98 Å². The number of anilines is 3. The van der Waals surface area contributed by atoms with Crippen LogP contribution in [0.4, 0.5) is 26.0 Å². The zero-order valence-electron chi connectivity index (χ0n) is 13.9. The lowest BCUT2D eigenvalue weighted by Crippen LogP contribution is -2.34. The molecular weight excluding hydrogens is 310 g/mol. The molecule has 3 N–H and O–H groups in total. The molecule has 0 aliphatic carbocycles. The van der Waals surface area contributed by atoms with Gasteiger partial charge in [-0.2, -0.15) is 0 Å². The van der Waals surface area contributed by atoms with Gasteiger partial charge in [0.25, 0.3) is 0 Å². The number of pyridine rings is 1. The molecule has 0 fully saturated rings. The van der Waals surface area contributed by atoms with Crippen molar-refractivity contribution in [3.05, 3.63) is 47.2 Å². The summed E-state index contributed by atoms with van der Waals surface area (Å²) in [5.41, 5.74) is 8.56. The summed E-state index contributed by atoms with van der Waals surface area (Å²) in [6, 6.07) is 4.37. The standard InChI is InChI=1S/C18H20F2N4/c1-10(2)24-9-12(13-5-16(21)15(20)6-14(13)19)4-11-8-23-18(22-3)7-17(11)24/h4-8,10H,9,21H2,1-3H3,(H,22,23). The van der Waals surface area contributed by atoms with Crippen LogP contribution in [-0.4, -0.2) is 24.6 Å². The fraction of sp³-hybridized carbons (Fsp3) is 0.278. The third-order valence-electron chi connectivity index (χ3n) is 4.20. The van der Waals surface area contributed by atoms with Crippen molar-refractivity contribution in [2.75, 3.05) is 29.5 Å². The van der Waals surface area contributed by atoms with Crippen molar-refractivity contribution in [3.63, 3.8) is 0 Å². The topological polar surface area (TPSA) is 54.2 Å². The van der Waals surface area contributed by atoms with E-state index in [9.17, 15) is 8.78 Å². The molecule has 0 radical (unpaired) electrons. The first-order valence-corrected chi connectivity index (χ1v) is 7.80. The summed E-state index contributed by atoms with van der Waals surface area (Å²) >= 11 is 0. The maximum atomic E-state index is 14.3. The van der Waals surface area contributed by atoms with Crippen molar-refractivity contribution in [3.8, 4) is 0 Å². The molecular formula is C18H20F2N4. The van der Waals surface area contributed by atoms with Crippen LogP contribution < -0.4 is 16.0 Å². The number of nitrogens with zero attached hydrogens (tertiary/aromatic N) is 2. The molecule has 2 aromatic rings. The van der Waals surface area contributed by atoms with Crippen LogP contribution in [0.2, 0.25) is 0 Å². The van der Waals surface area contributed by atoms with E-state index in [1.54, 1.807) is 6.20 Å². The number of rotatable bonds is 3. The van der Waals surface area contributed by atoms with Crippen molar-refractivity contribution in [2.45, 2.75) is 19.9 Å². The second-order valence-corrected chi connectivity index (χ2v) is 6.12. The normalized spacial score (nSPS) is 13.8. The Morgan fingerprint density at radius 2 is 1.96 bits per heavy atom. The minimum absolute atomic E-state index is 0.0575. The first-order chi connectivity index (χ1) is 11.4. The number of hydrogen-bond acceptors (Lipinski definition) is 4. The Kier molecular flexibility index (Phi) is 4.13. The molecule has 3 rings (SSSR count). The highest BCUT2D eigenvalue weighted by Crippen LogP contribution is 2.36. The predicted octanol–water partition coefficient (Wildman–Crippen LogP) is 3.75. The summed E-state index contributed by atoms with van der Waals surface area (Å²) in [5, 5.41) is 3.03. The van der Waals surface area contributed by atoms with E-state index in [-0.39, 0.29) is 11.7 Å². The summed E-state index contributed by atoms with van der Waals surface area (Å²) in [6.07, 6.45) is 3.64. The molecule has 24 heavy (non-hydrogen) atoms. The number of nitrogen functional groups attached to an aromatic ring is 1. The molecule has 126 valence electrons. The number of nitrogens with one attached hydrogen (secondary N) is 1. The van der Waals surface area contributed by atoms with Gasteiger partial charge < -0.3 is 16.0 Å². The zero-order chi connectivity index (χ0) is 17.4. The molecule has 0 unspecified atom stereocenters. The molecule has 1 aliphatic rings. The predicted molar refractivity (Wildman–Crippen MR) is 94.9 cm³/mol. The molecule has 0 spiro atoms. The van der Waals surface area contributed by atoms with E-state index in [0.717, 1.165) is 28.7 Å². The van der Waals surface area contributed by atoms with Gasteiger partial charge >= 0.3 is 0 Å². The lowest BCUT2D eigenvalue weighted by molar-refractivity contribution is 0.583. The number of aromatic nitrogens is 1. The summed E-state index contributed by atoms with van der Waals surface area (Å²) in [4.78, 5) is 6.48. The SMILES string of the molecule is CNc1cc2c(cn1)C=C(c1cc(N)c(F)cc1F)CN2C(C)C. The van der Waals surface area contributed by atoms with Crippen LogP contribution in [0.1, 0.15) is 25.0 Å². The maximum absolute atomic E-state index is 14.3. The molecule has 1 aliphatic heterocycles. The highest BCUT2D eigenvalue weighted by Gasteiger charge is 2.24. The lowest BCUT2D eigenvalue weighted by atomic mass is 9.96. The Bertz CT molecular complexity index is 815. The van der Waals surface area contributed by atoms with Crippen LogP contribution in [0.3, 0.4) is 0 Å². The Hall–Kier alpha value is -2.63. The Morgan fingerprint density at radius 3 is 2.62 bits per heavy atom. The van der Waals surface area contributed by atoms with Gasteiger partial charge in [0.2, 0.25) is 0 Å². The van der Waals surface area contributed by atoms with Crippen LogP contribution in [0, 0.1) is 11.6 Å². The largest absolute Gasteiger partial charge is 0.396 e. The number of benzene rings is 1. The summed E-state index contributed by atoms with van der Waals surface area (Å²) < 4.78 is 27.7. The van der Waals surface area contributed by atoms with E-state index in [1.165, 1.54) is 6.07 Å². The van der Waals surface area contributed by atoms with Gasteiger partial charge in [-0.3, -0.25) is 0 Å². The second-order valence-electron chi connectivity index (χ2n) is 6.12. The molecule has 6 heteroatoms. The molecule has 0 bridgehead atoms. The molecule has 0 saturated heterocycles. The van der Waals surface area contributed by atoms with Crippen molar-refractivity contribution >= 4 is 28.8 Å². The molecule has 4 nitrogen and oxygen atoms in total. The first-order valence-electron chi connectivity index (χ1n) is 7.80. The fourth-order valence-electron chi connectivity index (χ4n) is 2.89. The van der Waals surface area contributed by atoms with E-state index in [2.05, 4.69) is 29.0 Å². The maximum Gasteiger partial charge on any atom is 0.149 e. The highest BCUT2D eigenvalue weighted by molar-refractivity contribution is 5.92. The average Bonchev–Trinajstić information content (AvgIpc) is 2.56. The second kappa shape index (κ2) is 6.11. The number of nitrogens with two attached hydrogens (primary N) is 1. The van der Waals surface area contributed by atoms with Gasteiger partial charge in [0, 0.05) is 54.8 Å². The van der Waals surface area contributed by atoms with Crippen LogP contribution >= 0.6 is 0 Å². The molecule has 2 heterocycles. The molecule has 0 saturated carbocycles. The van der Waals surface area contributed by atoms with E-state index in [0.29, 0.717) is 12.1 Å². The highest BCUT2D eigenvalue weighted by atomic mass is 19.1. The van der Waals surface area contributed by atoms with Gasteiger partial charge in [-0.1, -0.05) is 0 Å². The average molecular weight is 330 g/mol. The van der Waals surface area contributed by atoms with Gasteiger partial charge in [-0.05, 0) is 31.6 Å². The number of halogens is 2. The monoisotopic (exact) mass is 330 g/mol. The third kappa shape index (κ3) is 2.79. The molecule has 0 atom stereocenters. The van der Waals surface area contributed by atoms with E-state index in [4.69, 9.17) is 5.73 Å².